The van der Waals surface area contributed by atoms with Crippen molar-refractivity contribution < 1.29 is 14.6 Å². The van der Waals surface area contributed by atoms with Crippen LogP contribution in [-0.4, -0.2) is 29.3 Å². The van der Waals surface area contributed by atoms with Gasteiger partial charge in [-0.3, -0.25) is 4.98 Å². The first-order valence-corrected chi connectivity index (χ1v) is 9.58. The zero-order chi connectivity index (χ0) is 21.1. The number of aromatic hydroxyl groups is 1. The van der Waals surface area contributed by atoms with Gasteiger partial charge < -0.3 is 19.9 Å². The molecular weight excluding hydrogens is 378 g/mol. The normalized spacial score (nSPS) is 11.8. The van der Waals surface area contributed by atoms with Gasteiger partial charge in [0, 0.05) is 23.3 Å². The number of nitrogens with one attached hydrogen (secondary N) is 1. The van der Waals surface area contributed by atoms with Crippen LogP contribution in [0, 0.1) is 6.92 Å². The average Bonchev–Trinajstić information content (AvgIpc) is 2.78. The van der Waals surface area contributed by atoms with Crippen LogP contribution >= 0.6 is 0 Å². The van der Waals surface area contributed by atoms with Gasteiger partial charge in [0.25, 0.3) is 0 Å². The lowest BCUT2D eigenvalue weighted by molar-refractivity contribution is 0.354. The van der Waals surface area contributed by atoms with E-state index in [1.165, 1.54) is 0 Å². The first-order chi connectivity index (χ1) is 14.6. The van der Waals surface area contributed by atoms with E-state index in [1.54, 1.807) is 26.6 Å². The molecule has 2 aromatic carbocycles. The summed E-state index contributed by atoms with van der Waals surface area (Å²) in [5.41, 5.74) is 3.22. The minimum atomic E-state index is -0.384. The Morgan fingerprint density at radius 1 is 0.900 bits per heavy atom. The van der Waals surface area contributed by atoms with E-state index in [0.717, 1.165) is 16.5 Å². The summed E-state index contributed by atoms with van der Waals surface area (Å²) in [7, 11) is 3.20. The van der Waals surface area contributed by atoms with Gasteiger partial charge in [0.2, 0.25) is 0 Å². The molecule has 6 nitrogen and oxygen atoms in total. The summed E-state index contributed by atoms with van der Waals surface area (Å²) in [6.45, 7) is 2.01. The van der Waals surface area contributed by atoms with E-state index in [4.69, 9.17) is 9.47 Å². The van der Waals surface area contributed by atoms with E-state index in [-0.39, 0.29) is 11.8 Å². The number of aromatic nitrogens is 2. The topological polar surface area (TPSA) is 76.5 Å². The van der Waals surface area contributed by atoms with Gasteiger partial charge in [0.1, 0.15) is 17.1 Å². The fraction of sp³-hybridized carbons (Fsp3) is 0.167. The van der Waals surface area contributed by atoms with Crippen LogP contribution in [0.5, 0.6) is 17.2 Å². The van der Waals surface area contributed by atoms with Crippen molar-refractivity contribution in [3.8, 4) is 17.2 Å². The molecule has 0 aliphatic heterocycles. The maximum absolute atomic E-state index is 11.1. The first-order valence-electron chi connectivity index (χ1n) is 9.58. The lowest BCUT2D eigenvalue weighted by atomic mass is 9.95. The summed E-state index contributed by atoms with van der Waals surface area (Å²) in [5, 5.41) is 15.4. The monoisotopic (exact) mass is 401 g/mol. The number of aryl methyl sites for hydroxylation is 1. The molecule has 2 aromatic heterocycles. The first kappa shape index (κ1) is 19.5. The molecule has 0 fully saturated rings. The van der Waals surface area contributed by atoms with E-state index in [0.29, 0.717) is 28.4 Å². The third-order valence-corrected chi connectivity index (χ3v) is 5.04. The summed E-state index contributed by atoms with van der Waals surface area (Å²) in [5.74, 6) is 2.08. The van der Waals surface area contributed by atoms with Crippen LogP contribution in [0.3, 0.4) is 0 Å². The Bertz CT molecular complexity index is 1190. The SMILES string of the molecule is COc1ccc(C(Nc2cc(C)ccn2)c2ccc3cccnc3c2O)cc1OC. The molecule has 0 aliphatic carbocycles. The van der Waals surface area contributed by atoms with Gasteiger partial charge in [0.15, 0.2) is 11.5 Å². The molecule has 0 bridgehead atoms. The summed E-state index contributed by atoms with van der Waals surface area (Å²) in [6, 6.07) is 16.8. The molecule has 2 N–H and O–H groups in total. The molecule has 0 spiro atoms. The number of methoxy groups -OCH3 is 2. The van der Waals surface area contributed by atoms with Crippen LogP contribution in [0.25, 0.3) is 10.9 Å². The van der Waals surface area contributed by atoms with Crippen molar-refractivity contribution >= 4 is 16.7 Å². The molecule has 4 aromatic rings. The molecule has 0 saturated heterocycles. The summed E-state index contributed by atoms with van der Waals surface area (Å²) >= 11 is 0. The predicted octanol–water partition coefficient (Wildman–Crippen LogP) is 4.86. The molecule has 1 unspecified atom stereocenters. The second-order valence-electron chi connectivity index (χ2n) is 6.99. The third-order valence-electron chi connectivity index (χ3n) is 5.04. The van der Waals surface area contributed by atoms with Gasteiger partial charge >= 0.3 is 0 Å². The number of hydrogen-bond donors (Lipinski definition) is 2. The lowest BCUT2D eigenvalue weighted by Gasteiger charge is -2.23. The molecule has 4 rings (SSSR count). The van der Waals surface area contributed by atoms with Crippen LogP contribution in [-0.2, 0) is 0 Å². The van der Waals surface area contributed by atoms with Crippen LogP contribution in [0.15, 0.2) is 67.0 Å². The van der Waals surface area contributed by atoms with E-state index >= 15 is 0 Å². The molecule has 0 saturated carbocycles. The Morgan fingerprint density at radius 2 is 1.73 bits per heavy atom. The Labute approximate surface area is 175 Å². The molecule has 1 atom stereocenters. The van der Waals surface area contributed by atoms with E-state index < -0.39 is 0 Å². The number of nitrogens with zero attached hydrogens (tertiary/aromatic N) is 2. The Balaban J connectivity index is 1.87. The molecule has 6 heteroatoms. The van der Waals surface area contributed by atoms with Crippen LogP contribution in [0.1, 0.15) is 22.7 Å². The lowest BCUT2D eigenvalue weighted by Crippen LogP contribution is -2.14. The maximum atomic E-state index is 11.1. The number of pyridine rings is 2. The number of fused-ring (bicyclic) bond motifs is 1. The molecule has 30 heavy (non-hydrogen) atoms. The smallest absolute Gasteiger partial charge is 0.161 e. The van der Waals surface area contributed by atoms with Crippen LogP contribution in [0.4, 0.5) is 5.82 Å². The van der Waals surface area contributed by atoms with Gasteiger partial charge in [-0.05, 0) is 48.4 Å². The number of rotatable bonds is 6. The highest BCUT2D eigenvalue weighted by Gasteiger charge is 2.22. The number of hydrogen-bond acceptors (Lipinski definition) is 6. The second-order valence-corrected chi connectivity index (χ2v) is 6.99. The average molecular weight is 401 g/mol. The van der Waals surface area contributed by atoms with E-state index in [9.17, 15) is 5.11 Å². The largest absolute Gasteiger partial charge is 0.505 e. The highest BCUT2D eigenvalue weighted by atomic mass is 16.5. The van der Waals surface area contributed by atoms with Gasteiger partial charge in [-0.1, -0.05) is 24.3 Å². The molecule has 0 amide bonds. The summed E-state index contributed by atoms with van der Waals surface area (Å²) in [6.07, 6.45) is 3.43. The van der Waals surface area contributed by atoms with E-state index in [1.807, 2.05) is 61.5 Å². The number of anilines is 1. The molecule has 2 heterocycles. The van der Waals surface area contributed by atoms with Crippen LogP contribution < -0.4 is 14.8 Å². The minimum absolute atomic E-state index is 0.132. The van der Waals surface area contributed by atoms with E-state index in [2.05, 4.69) is 15.3 Å². The summed E-state index contributed by atoms with van der Waals surface area (Å²) < 4.78 is 10.9. The van der Waals surface area contributed by atoms with Crippen molar-refractivity contribution in [2.45, 2.75) is 13.0 Å². The fourth-order valence-electron chi connectivity index (χ4n) is 3.51. The van der Waals surface area contributed by atoms with Crippen molar-refractivity contribution in [2.24, 2.45) is 0 Å². The van der Waals surface area contributed by atoms with Gasteiger partial charge in [-0.25, -0.2) is 4.98 Å². The molecular formula is C24H23N3O3. The summed E-state index contributed by atoms with van der Waals surface area (Å²) in [4.78, 5) is 8.80. The van der Waals surface area contributed by atoms with Crippen molar-refractivity contribution in [2.75, 3.05) is 19.5 Å². The highest BCUT2D eigenvalue weighted by molar-refractivity contribution is 5.86. The van der Waals surface area contributed by atoms with Crippen molar-refractivity contribution in [3.63, 3.8) is 0 Å². The van der Waals surface area contributed by atoms with Crippen molar-refractivity contribution in [1.29, 1.82) is 0 Å². The van der Waals surface area contributed by atoms with Gasteiger partial charge in [0.05, 0.1) is 20.3 Å². The van der Waals surface area contributed by atoms with Crippen LogP contribution in [0.2, 0.25) is 0 Å². The number of phenols is 1. The van der Waals surface area contributed by atoms with Crippen molar-refractivity contribution in [1.82, 2.24) is 9.97 Å². The highest BCUT2D eigenvalue weighted by Crippen LogP contribution is 2.39. The second kappa shape index (κ2) is 8.29. The number of phenolic OH excluding ortho intramolecular Hbond substituents is 1. The molecule has 152 valence electrons. The zero-order valence-electron chi connectivity index (χ0n) is 17.1. The Morgan fingerprint density at radius 3 is 2.50 bits per heavy atom. The zero-order valence-corrected chi connectivity index (χ0v) is 17.1. The Hall–Kier alpha value is -3.80. The number of benzene rings is 2. The number of ether oxygens (including phenoxy) is 2. The quantitative estimate of drug-likeness (QED) is 0.480. The predicted molar refractivity (Wildman–Crippen MR) is 117 cm³/mol. The standard InChI is InChI=1S/C24H23N3O3/c1-15-10-12-25-21(13-15)27-22(17-7-9-19(29-2)20(14-17)30-3)18-8-6-16-5-4-11-26-23(16)24(18)28/h4-14,22,28H,1-3H3,(H,25,27). The van der Waals surface area contributed by atoms with Gasteiger partial charge in [-0.2, -0.15) is 0 Å². The maximum Gasteiger partial charge on any atom is 0.161 e. The molecule has 0 radical (unpaired) electrons. The minimum Gasteiger partial charge on any atom is -0.505 e. The Kier molecular flexibility index (Phi) is 5.39. The third kappa shape index (κ3) is 3.72. The van der Waals surface area contributed by atoms with Crippen molar-refractivity contribution in [3.05, 3.63) is 83.7 Å². The fourth-order valence-corrected chi connectivity index (χ4v) is 3.51. The van der Waals surface area contributed by atoms with Gasteiger partial charge in [-0.15, -0.1) is 0 Å². The molecule has 0 aliphatic rings.